The number of carbonyl (C=O) groups is 3. The molecule has 2 fully saturated rings. The van der Waals surface area contributed by atoms with Crippen LogP contribution in [0, 0.1) is 0 Å². The van der Waals surface area contributed by atoms with Gasteiger partial charge in [-0.15, -0.1) is 0 Å². The number of furan rings is 1. The molecule has 0 unspecified atom stereocenters. The first-order valence-corrected chi connectivity index (χ1v) is 9.06. The van der Waals surface area contributed by atoms with Gasteiger partial charge < -0.3 is 24.3 Å². The molecular formula is C20H21N3O5. The van der Waals surface area contributed by atoms with E-state index in [2.05, 4.69) is 5.32 Å². The number of benzene rings is 1. The molecule has 2 saturated heterocycles. The van der Waals surface area contributed by atoms with Gasteiger partial charge in [-0.05, 0) is 24.3 Å². The molecule has 0 radical (unpaired) electrons. The lowest BCUT2D eigenvalue weighted by Crippen LogP contribution is -2.39. The summed E-state index contributed by atoms with van der Waals surface area (Å²) in [4.78, 5) is 39.6. The maximum absolute atomic E-state index is 13.0. The summed E-state index contributed by atoms with van der Waals surface area (Å²) < 4.78 is 11.1. The van der Waals surface area contributed by atoms with Gasteiger partial charge >= 0.3 is 6.09 Å². The third-order valence-electron chi connectivity index (χ3n) is 5.20. The monoisotopic (exact) mass is 383 g/mol. The minimum Gasteiger partial charge on any atom is -0.451 e. The van der Waals surface area contributed by atoms with Crippen molar-refractivity contribution in [2.24, 2.45) is 0 Å². The predicted molar refractivity (Wildman–Crippen MR) is 99.9 cm³/mol. The first kappa shape index (κ1) is 18.1. The van der Waals surface area contributed by atoms with Crippen molar-refractivity contribution in [2.45, 2.75) is 12.0 Å². The van der Waals surface area contributed by atoms with Gasteiger partial charge in [0.1, 0.15) is 5.76 Å². The average molecular weight is 383 g/mol. The Morgan fingerprint density at radius 3 is 2.71 bits per heavy atom. The summed E-state index contributed by atoms with van der Waals surface area (Å²) in [5.41, 5.74) is 0.620. The lowest BCUT2D eigenvalue weighted by Gasteiger charge is -2.22. The number of likely N-dealkylation sites (N-methyl/N-ethyl adjacent to an activating group) is 1. The van der Waals surface area contributed by atoms with E-state index < -0.39 is 5.60 Å². The van der Waals surface area contributed by atoms with Crippen molar-refractivity contribution in [1.29, 1.82) is 0 Å². The molecule has 4 rings (SSSR count). The Bertz CT molecular complexity index is 953. The fourth-order valence-corrected chi connectivity index (χ4v) is 3.75. The van der Waals surface area contributed by atoms with Gasteiger partial charge in [0.15, 0.2) is 11.4 Å². The summed E-state index contributed by atoms with van der Waals surface area (Å²) in [5.74, 6) is 0.291. The van der Waals surface area contributed by atoms with Gasteiger partial charge in [-0.25, -0.2) is 4.79 Å². The summed E-state index contributed by atoms with van der Waals surface area (Å²) in [6, 6.07) is 10.4. The van der Waals surface area contributed by atoms with Crippen molar-refractivity contribution in [3.63, 3.8) is 0 Å². The minimum atomic E-state index is -0.609. The largest absolute Gasteiger partial charge is 0.451 e. The summed E-state index contributed by atoms with van der Waals surface area (Å²) in [6.45, 7) is 1.41. The maximum Gasteiger partial charge on any atom is 0.410 e. The molecule has 1 atom stereocenters. The molecule has 1 N–H and O–H groups in total. The summed E-state index contributed by atoms with van der Waals surface area (Å²) in [6.07, 6.45) is 0.281. The summed E-state index contributed by atoms with van der Waals surface area (Å²) in [7, 11) is 3.23. The van der Waals surface area contributed by atoms with Crippen LogP contribution < -0.4 is 5.32 Å². The Morgan fingerprint density at radius 2 is 2.00 bits per heavy atom. The average Bonchev–Trinajstić information content (AvgIpc) is 3.40. The van der Waals surface area contributed by atoms with Crippen LogP contribution >= 0.6 is 0 Å². The van der Waals surface area contributed by atoms with Crippen LogP contribution in [-0.2, 0) is 4.74 Å². The minimum absolute atomic E-state index is 0.123. The van der Waals surface area contributed by atoms with E-state index in [-0.39, 0.29) is 23.7 Å². The van der Waals surface area contributed by atoms with E-state index in [0.29, 0.717) is 42.9 Å². The van der Waals surface area contributed by atoms with Crippen LogP contribution in [0.4, 0.5) is 4.79 Å². The second kappa shape index (κ2) is 6.70. The van der Waals surface area contributed by atoms with Crippen LogP contribution in [0.3, 0.4) is 0 Å². The van der Waals surface area contributed by atoms with Crippen LogP contribution in [-0.4, -0.2) is 67.0 Å². The van der Waals surface area contributed by atoms with Crippen molar-refractivity contribution in [3.8, 4) is 11.3 Å². The SMILES string of the molecule is CNC(=O)c1ccc(-c2cccc(C(=O)N3CC[C@@]4(CN(C)C(=O)O4)C3)c2)o1. The molecule has 1 spiro atoms. The summed E-state index contributed by atoms with van der Waals surface area (Å²) in [5, 5.41) is 2.51. The Labute approximate surface area is 162 Å². The van der Waals surface area contributed by atoms with Crippen molar-refractivity contribution < 1.29 is 23.5 Å². The molecule has 1 aromatic carbocycles. The highest BCUT2D eigenvalue weighted by Crippen LogP contribution is 2.33. The topological polar surface area (TPSA) is 92.1 Å². The molecule has 3 heterocycles. The molecule has 2 aromatic rings. The lowest BCUT2D eigenvalue weighted by molar-refractivity contribution is 0.0553. The van der Waals surface area contributed by atoms with Crippen LogP contribution in [0.1, 0.15) is 27.3 Å². The molecule has 8 heteroatoms. The Hall–Kier alpha value is -3.29. The number of hydrogen-bond acceptors (Lipinski definition) is 5. The molecule has 3 amide bonds. The number of ether oxygens (including phenoxy) is 1. The second-order valence-corrected chi connectivity index (χ2v) is 7.21. The van der Waals surface area contributed by atoms with Gasteiger partial charge in [0.25, 0.3) is 11.8 Å². The number of carbonyl (C=O) groups excluding carboxylic acids is 3. The van der Waals surface area contributed by atoms with Crippen LogP contribution in [0.25, 0.3) is 11.3 Å². The molecular weight excluding hydrogens is 362 g/mol. The van der Waals surface area contributed by atoms with Crippen LogP contribution in [0.15, 0.2) is 40.8 Å². The van der Waals surface area contributed by atoms with Crippen LogP contribution in [0.2, 0.25) is 0 Å². The fraction of sp³-hybridized carbons (Fsp3) is 0.350. The van der Waals surface area contributed by atoms with Crippen molar-refractivity contribution >= 4 is 17.9 Å². The third-order valence-corrected chi connectivity index (χ3v) is 5.20. The van der Waals surface area contributed by atoms with Crippen LogP contribution in [0.5, 0.6) is 0 Å². The third kappa shape index (κ3) is 3.11. The second-order valence-electron chi connectivity index (χ2n) is 7.21. The first-order valence-electron chi connectivity index (χ1n) is 9.06. The highest BCUT2D eigenvalue weighted by Gasteiger charge is 2.49. The quantitative estimate of drug-likeness (QED) is 0.875. The van der Waals surface area contributed by atoms with E-state index in [4.69, 9.17) is 9.15 Å². The standard InChI is InChI=1S/C20H21N3O5/c1-21-17(24)16-7-6-15(27-16)13-4-3-5-14(10-13)18(25)23-9-8-20(12-23)11-22(2)19(26)28-20/h3-7,10H,8-9,11-12H2,1-2H3,(H,21,24)/t20-/m1/s1. The number of nitrogens with one attached hydrogen (secondary N) is 1. The highest BCUT2D eigenvalue weighted by atomic mass is 16.6. The predicted octanol–water partition coefficient (Wildman–Crippen LogP) is 1.97. The first-order chi connectivity index (χ1) is 13.4. The molecule has 2 aliphatic rings. The van der Waals surface area contributed by atoms with E-state index in [1.54, 1.807) is 42.3 Å². The Kier molecular flexibility index (Phi) is 4.33. The molecule has 2 aliphatic heterocycles. The van der Waals surface area contributed by atoms with E-state index >= 15 is 0 Å². The van der Waals surface area contributed by atoms with Crippen molar-refractivity contribution in [2.75, 3.05) is 33.7 Å². The molecule has 0 aliphatic carbocycles. The van der Waals surface area contributed by atoms with E-state index in [1.165, 1.54) is 11.9 Å². The van der Waals surface area contributed by atoms with E-state index in [1.807, 2.05) is 6.07 Å². The molecule has 146 valence electrons. The number of amides is 3. The molecule has 8 nitrogen and oxygen atoms in total. The maximum atomic E-state index is 13.0. The van der Waals surface area contributed by atoms with Gasteiger partial charge in [-0.2, -0.15) is 0 Å². The number of likely N-dealkylation sites (tertiary alicyclic amines) is 1. The Balaban J connectivity index is 1.52. The van der Waals surface area contributed by atoms with Gasteiger partial charge in [0, 0.05) is 38.2 Å². The van der Waals surface area contributed by atoms with Gasteiger partial charge in [0.2, 0.25) is 0 Å². The number of hydrogen-bond donors (Lipinski definition) is 1. The normalized spacial score (nSPS) is 21.3. The van der Waals surface area contributed by atoms with Gasteiger partial charge in [-0.1, -0.05) is 12.1 Å². The van der Waals surface area contributed by atoms with E-state index in [0.717, 1.165) is 0 Å². The zero-order valence-corrected chi connectivity index (χ0v) is 15.7. The van der Waals surface area contributed by atoms with Gasteiger partial charge in [-0.3, -0.25) is 9.59 Å². The smallest absolute Gasteiger partial charge is 0.410 e. The number of nitrogens with zero attached hydrogens (tertiary/aromatic N) is 2. The van der Waals surface area contributed by atoms with Crippen molar-refractivity contribution in [3.05, 3.63) is 47.7 Å². The molecule has 0 saturated carbocycles. The molecule has 1 aromatic heterocycles. The van der Waals surface area contributed by atoms with E-state index in [9.17, 15) is 14.4 Å². The highest BCUT2D eigenvalue weighted by molar-refractivity contribution is 5.96. The fourth-order valence-electron chi connectivity index (χ4n) is 3.75. The Morgan fingerprint density at radius 1 is 1.18 bits per heavy atom. The summed E-state index contributed by atoms with van der Waals surface area (Å²) >= 11 is 0. The lowest BCUT2D eigenvalue weighted by atomic mass is 10.0. The van der Waals surface area contributed by atoms with Crippen molar-refractivity contribution in [1.82, 2.24) is 15.1 Å². The zero-order valence-electron chi connectivity index (χ0n) is 15.7. The zero-order chi connectivity index (χ0) is 19.9. The van der Waals surface area contributed by atoms with Gasteiger partial charge in [0.05, 0.1) is 13.1 Å². The molecule has 0 bridgehead atoms. The number of rotatable bonds is 3. The molecule has 28 heavy (non-hydrogen) atoms.